The van der Waals surface area contributed by atoms with Gasteiger partial charge in [-0.25, -0.2) is 15.0 Å². The Kier molecular flexibility index (Phi) is 10.3. The number of allylic oxidation sites excluding steroid dienone is 8. The number of hydrogen-bond donors (Lipinski definition) is 0. The van der Waals surface area contributed by atoms with Crippen molar-refractivity contribution in [2.45, 2.75) is 65.2 Å². The van der Waals surface area contributed by atoms with Crippen molar-refractivity contribution in [3.05, 3.63) is 174 Å². The molecule has 0 atom stereocenters. The average molecular weight is 727 g/mol. The molecule has 2 aliphatic carbocycles. The minimum absolute atomic E-state index is 0.0133. The highest BCUT2D eigenvalue weighted by molar-refractivity contribution is 5.94. The number of nitrogens with zero attached hydrogens (tertiary/aromatic N) is 4. The van der Waals surface area contributed by atoms with Crippen LogP contribution in [0.1, 0.15) is 87.9 Å². The maximum atomic E-state index is 9.83. The summed E-state index contributed by atoms with van der Waals surface area (Å²) in [7, 11) is 0. The molecule has 0 saturated heterocycles. The molecule has 0 N–H and O–H groups in total. The molecule has 6 aromatic rings. The molecule has 8 rings (SSSR count). The summed E-state index contributed by atoms with van der Waals surface area (Å²) in [6, 6.07) is 41.5. The Morgan fingerprint density at radius 1 is 0.643 bits per heavy atom. The third kappa shape index (κ3) is 6.75. The molecule has 56 heavy (non-hydrogen) atoms. The van der Waals surface area contributed by atoms with Crippen molar-refractivity contribution in [1.82, 2.24) is 15.0 Å². The number of aromatic nitrogens is 3. The molecule has 1 saturated carbocycles. The summed E-state index contributed by atoms with van der Waals surface area (Å²) in [4.78, 5) is 14.9. The molecule has 274 valence electrons. The van der Waals surface area contributed by atoms with Crippen molar-refractivity contribution in [2.24, 2.45) is 0 Å². The molecular formula is C52H46N4. The summed E-state index contributed by atoms with van der Waals surface area (Å²) in [6.07, 6.45) is 18.3. The SMILES string of the molecule is C/C=C\C=C(/C)c1nc(-c2ccc(C(/C=C\C)=C/C)cc2)nc(-c2ccc(-c3cccc(-c4cccc5c4-c4ccc(C#N)cc4C54CCCCC4)c3)cc2)n1. The molecule has 1 spiro atoms. The molecule has 0 radical (unpaired) electrons. The van der Waals surface area contributed by atoms with E-state index < -0.39 is 0 Å². The fraction of sp³-hybridized carbons (Fsp3) is 0.192. The van der Waals surface area contributed by atoms with Crippen molar-refractivity contribution in [1.29, 1.82) is 5.26 Å². The summed E-state index contributed by atoms with van der Waals surface area (Å²) >= 11 is 0. The van der Waals surface area contributed by atoms with E-state index in [0.717, 1.165) is 51.8 Å². The number of hydrogen-bond acceptors (Lipinski definition) is 4. The van der Waals surface area contributed by atoms with Crippen LogP contribution in [0.15, 0.2) is 146 Å². The Balaban J connectivity index is 1.15. The monoisotopic (exact) mass is 726 g/mol. The Morgan fingerprint density at radius 3 is 2.00 bits per heavy atom. The van der Waals surface area contributed by atoms with Gasteiger partial charge >= 0.3 is 0 Å². The van der Waals surface area contributed by atoms with Crippen LogP contribution in [0.4, 0.5) is 0 Å². The van der Waals surface area contributed by atoms with Gasteiger partial charge in [0.2, 0.25) is 0 Å². The quantitative estimate of drug-likeness (QED) is 0.147. The Morgan fingerprint density at radius 2 is 1.32 bits per heavy atom. The van der Waals surface area contributed by atoms with Crippen molar-refractivity contribution < 1.29 is 0 Å². The molecule has 0 aliphatic heterocycles. The van der Waals surface area contributed by atoms with Crippen molar-refractivity contribution in [3.8, 4) is 62.2 Å². The van der Waals surface area contributed by atoms with E-state index in [0.29, 0.717) is 17.5 Å². The van der Waals surface area contributed by atoms with Crippen LogP contribution in [0.5, 0.6) is 0 Å². The lowest BCUT2D eigenvalue weighted by molar-refractivity contribution is 0.353. The van der Waals surface area contributed by atoms with Crippen LogP contribution < -0.4 is 0 Å². The lowest BCUT2D eigenvalue weighted by Gasteiger charge is -2.36. The fourth-order valence-corrected chi connectivity index (χ4v) is 8.70. The molecule has 0 amide bonds. The van der Waals surface area contributed by atoms with Gasteiger partial charge in [0.25, 0.3) is 0 Å². The highest BCUT2D eigenvalue weighted by Crippen LogP contribution is 2.58. The van der Waals surface area contributed by atoms with Gasteiger partial charge in [-0.15, -0.1) is 0 Å². The van der Waals surface area contributed by atoms with Gasteiger partial charge in [-0.3, -0.25) is 0 Å². The summed E-state index contributed by atoms with van der Waals surface area (Å²) < 4.78 is 0. The number of rotatable bonds is 8. The third-order valence-electron chi connectivity index (χ3n) is 11.5. The Hall–Kier alpha value is -6.44. The van der Waals surface area contributed by atoms with E-state index in [1.165, 1.54) is 58.2 Å². The first-order chi connectivity index (χ1) is 27.5. The van der Waals surface area contributed by atoms with E-state index in [4.69, 9.17) is 15.0 Å². The zero-order chi connectivity index (χ0) is 38.6. The molecule has 0 bridgehead atoms. The van der Waals surface area contributed by atoms with Crippen LogP contribution in [0.3, 0.4) is 0 Å². The Bertz CT molecular complexity index is 2590. The summed E-state index contributed by atoms with van der Waals surface area (Å²) in [5, 5.41) is 9.83. The highest BCUT2D eigenvalue weighted by atomic mass is 15.0. The van der Waals surface area contributed by atoms with Gasteiger partial charge in [0.1, 0.15) is 0 Å². The van der Waals surface area contributed by atoms with Crippen LogP contribution in [-0.4, -0.2) is 15.0 Å². The van der Waals surface area contributed by atoms with Crippen LogP contribution in [0, 0.1) is 11.3 Å². The topological polar surface area (TPSA) is 62.5 Å². The first kappa shape index (κ1) is 36.5. The molecule has 2 aliphatic rings. The normalized spacial score (nSPS) is 15.0. The number of fused-ring (bicyclic) bond motifs is 5. The summed E-state index contributed by atoms with van der Waals surface area (Å²) in [6.45, 7) is 8.13. The molecule has 1 aromatic heterocycles. The van der Waals surface area contributed by atoms with Gasteiger partial charge in [0.05, 0.1) is 11.6 Å². The summed E-state index contributed by atoms with van der Waals surface area (Å²) in [5.74, 6) is 1.94. The van der Waals surface area contributed by atoms with E-state index in [2.05, 4.69) is 134 Å². The highest BCUT2D eigenvalue weighted by Gasteiger charge is 2.44. The molecule has 5 aromatic carbocycles. The Labute approximate surface area is 331 Å². The van der Waals surface area contributed by atoms with E-state index in [1.807, 2.05) is 45.1 Å². The number of benzene rings is 5. The minimum atomic E-state index is -0.0133. The second kappa shape index (κ2) is 15.7. The zero-order valence-electron chi connectivity index (χ0n) is 32.7. The van der Waals surface area contributed by atoms with Gasteiger partial charge in [0, 0.05) is 16.5 Å². The minimum Gasteiger partial charge on any atom is -0.209 e. The average Bonchev–Trinajstić information content (AvgIpc) is 3.52. The molecule has 4 nitrogen and oxygen atoms in total. The predicted octanol–water partition coefficient (Wildman–Crippen LogP) is 13.6. The van der Waals surface area contributed by atoms with Crippen molar-refractivity contribution in [3.63, 3.8) is 0 Å². The molecule has 0 unspecified atom stereocenters. The van der Waals surface area contributed by atoms with Crippen molar-refractivity contribution >= 4 is 11.1 Å². The maximum Gasteiger partial charge on any atom is 0.164 e. The second-order valence-corrected chi connectivity index (χ2v) is 14.9. The smallest absolute Gasteiger partial charge is 0.164 e. The standard InChI is InChI=1S/C52H46N4/c1-5-8-15-35(4)49-54-50(40-25-21-38(22-26-40)37(7-3)14-6-2)56-51(55-49)41-27-23-39(24-28-41)42-16-12-17-43(33-42)44-18-13-19-46-48(44)45-29-20-36(34-53)32-47(45)52(46)30-10-9-11-31-52/h5-8,12-29,32-33H,9-11,30-31H2,1-4H3/b8-5-,14-6-,35-15+,37-7+. The maximum absolute atomic E-state index is 9.83. The van der Waals surface area contributed by atoms with E-state index in [9.17, 15) is 5.26 Å². The molecule has 4 heteroatoms. The van der Waals surface area contributed by atoms with Gasteiger partial charge in [-0.1, -0.05) is 147 Å². The predicted molar refractivity (Wildman–Crippen MR) is 233 cm³/mol. The van der Waals surface area contributed by atoms with Gasteiger partial charge in [0.15, 0.2) is 17.5 Å². The van der Waals surface area contributed by atoms with Gasteiger partial charge in [-0.2, -0.15) is 5.26 Å². The van der Waals surface area contributed by atoms with Gasteiger partial charge in [-0.05, 0) is 120 Å². The lowest BCUT2D eigenvalue weighted by atomic mass is 9.67. The van der Waals surface area contributed by atoms with E-state index in [-0.39, 0.29) is 5.41 Å². The zero-order valence-corrected chi connectivity index (χ0v) is 32.7. The first-order valence-electron chi connectivity index (χ1n) is 19.8. The summed E-state index contributed by atoms with van der Waals surface area (Å²) in [5.41, 5.74) is 16.0. The second-order valence-electron chi connectivity index (χ2n) is 14.9. The molecule has 1 heterocycles. The number of nitriles is 1. The van der Waals surface area contributed by atoms with Crippen LogP contribution >= 0.6 is 0 Å². The molecule has 1 fully saturated rings. The van der Waals surface area contributed by atoms with E-state index >= 15 is 0 Å². The largest absolute Gasteiger partial charge is 0.209 e. The van der Waals surface area contributed by atoms with Crippen LogP contribution in [-0.2, 0) is 5.41 Å². The fourth-order valence-electron chi connectivity index (χ4n) is 8.70. The van der Waals surface area contributed by atoms with Crippen molar-refractivity contribution in [2.75, 3.05) is 0 Å². The third-order valence-corrected chi connectivity index (χ3v) is 11.5. The van der Waals surface area contributed by atoms with Crippen LogP contribution in [0.2, 0.25) is 0 Å². The van der Waals surface area contributed by atoms with Crippen LogP contribution in [0.25, 0.3) is 67.3 Å². The van der Waals surface area contributed by atoms with E-state index in [1.54, 1.807) is 0 Å². The van der Waals surface area contributed by atoms with Gasteiger partial charge < -0.3 is 0 Å². The molecular weight excluding hydrogens is 681 g/mol. The first-order valence-corrected chi connectivity index (χ1v) is 19.8. The lowest BCUT2D eigenvalue weighted by Crippen LogP contribution is -2.28.